The zero-order valence-corrected chi connectivity index (χ0v) is 15.5. The minimum atomic E-state index is -1.18. The summed E-state index contributed by atoms with van der Waals surface area (Å²) in [4.78, 5) is 35.2. The van der Waals surface area contributed by atoms with Gasteiger partial charge in [-0.15, -0.1) is 11.8 Å². The van der Waals surface area contributed by atoms with Crippen LogP contribution in [0.1, 0.15) is 17.4 Å². The number of aliphatic carboxylic acids is 1. The maximum atomic E-state index is 12.0. The van der Waals surface area contributed by atoms with Crippen molar-refractivity contribution in [2.24, 2.45) is 0 Å². The van der Waals surface area contributed by atoms with Crippen molar-refractivity contribution in [3.63, 3.8) is 0 Å². The third-order valence-corrected chi connectivity index (χ3v) is 4.30. The van der Waals surface area contributed by atoms with Gasteiger partial charge in [0, 0.05) is 6.07 Å². The number of aromatic nitrogens is 1. The lowest BCUT2D eigenvalue weighted by Gasteiger charge is -2.15. The molecule has 10 heteroatoms. The SMILES string of the molecule is COc1ccc(C(NC(=O)CSCC(=O)Nc2cc(C)on2)C(=O)O)cc1. The number of carbonyl (C=O) groups excluding carboxylic acids is 2. The number of ether oxygens (including phenoxy) is 1. The number of anilines is 1. The topological polar surface area (TPSA) is 131 Å². The fraction of sp³-hybridized carbons (Fsp3) is 0.294. The molecule has 0 saturated heterocycles. The minimum absolute atomic E-state index is 0.0135. The van der Waals surface area contributed by atoms with E-state index in [-0.39, 0.29) is 17.4 Å². The highest BCUT2D eigenvalue weighted by Gasteiger charge is 2.22. The van der Waals surface area contributed by atoms with Crippen molar-refractivity contribution in [3.05, 3.63) is 41.7 Å². The van der Waals surface area contributed by atoms with Gasteiger partial charge in [-0.1, -0.05) is 17.3 Å². The molecule has 0 aliphatic carbocycles. The van der Waals surface area contributed by atoms with E-state index in [0.29, 0.717) is 22.9 Å². The number of aryl methyl sites for hydroxylation is 1. The number of methoxy groups -OCH3 is 1. The molecule has 144 valence electrons. The van der Waals surface area contributed by atoms with Gasteiger partial charge in [0.1, 0.15) is 11.5 Å². The molecular formula is C17H19N3O6S. The third-order valence-electron chi connectivity index (χ3n) is 3.36. The Balaban J connectivity index is 1.81. The summed E-state index contributed by atoms with van der Waals surface area (Å²) in [6.45, 7) is 1.70. The summed E-state index contributed by atoms with van der Waals surface area (Å²) >= 11 is 1.06. The maximum Gasteiger partial charge on any atom is 0.330 e. The molecule has 2 amide bonds. The van der Waals surface area contributed by atoms with E-state index in [1.165, 1.54) is 7.11 Å². The molecule has 0 aliphatic rings. The van der Waals surface area contributed by atoms with Crippen LogP contribution >= 0.6 is 11.8 Å². The zero-order chi connectivity index (χ0) is 19.8. The monoisotopic (exact) mass is 393 g/mol. The van der Waals surface area contributed by atoms with Gasteiger partial charge >= 0.3 is 5.97 Å². The van der Waals surface area contributed by atoms with Gasteiger partial charge in [-0.25, -0.2) is 4.79 Å². The molecule has 27 heavy (non-hydrogen) atoms. The summed E-state index contributed by atoms with van der Waals surface area (Å²) in [5.74, 6) is -0.621. The van der Waals surface area contributed by atoms with Crippen molar-refractivity contribution in [2.75, 3.05) is 23.9 Å². The first-order valence-corrected chi connectivity index (χ1v) is 9.01. The van der Waals surface area contributed by atoms with Gasteiger partial charge in [0.15, 0.2) is 11.9 Å². The van der Waals surface area contributed by atoms with Crippen LogP contribution in [0.3, 0.4) is 0 Å². The van der Waals surface area contributed by atoms with E-state index in [1.807, 2.05) is 0 Å². The Morgan fingerprint density at radius 2 is 1.89 bits per heavy atom. The lowest BCUT2D eigenvalue weighted by Crippen LogP contribution is -2.35. The van der Waals surface area contributed by atoms with E-state index in [1.54, 1.807) is 37.3 Å². The summed E-state index contributed by atoms with van der Waals surface area (Å²) in [6.07, 6.45) is 0. The van der Waals surface area contributed by atoms with Crippen molar-refractivity contribution >= 4 is 35.4 Å². The number of thioether (sulfide) groups is 1. The predicted molar refractivity (Wildman–Crippen MR) is 98.7 cm³/mol. The van der Waals surface area contributed by atoms with Crippen LogP contribution in [-0.2, 0) is 14.4 Å². The Morgan fingerprint density at radius 3 is 2.44 bits per heavy atom. The number of carbonyl (C=O) groups is 3. The van der Waals surface area contributed by atoms with Crippen LogP contribution in [0.2, 0.25) is 0 Å². The standard InChI is InChI=1S/C17H19N3O6S/c1-10-7-13(20-26-10)18-14(21)8-27-9-15(22)19-16(17(23)24)11-3-5-12(25-2)6-4-11/h3-7,16H,8-9H2,1-2H3,(H,19,22)(H,23,24)(H,18,20,21). The molecular weight excluding hydrogens is 374 g/mol. The second kappa shape index (κ2) is 9.62. The highest BCUT2D eigenvalue weighted by molar-refractivity contribution is 8.00. The average Bonchev–Trinajstić information content (AvgIpc) is 3.04. The Bertz CT molecular complexity index is 805. The molecule has 0 fully saturated rings. The van der Waals surface area contributed by atoms with E-state index in [2.05, 4.69) is 15.8 Å². The first kappa shape index (κ1) is 20.3. The molecule has 1 aromatic carbocycles. The molecule has 0 bridgehead atoms. The fourth-order valence-electron chi connectivity index (χ4n) is 2.13. The lowest BCUT2D eigenvalue weighted by molar-refractivity contribution is -0.141. The van der Waals surface area contributed by atoms with Crippen LogP contribution in [0, 0.1) is 6.92 Å². The molecule has 3 N–H and O–H groups in total. The van der Waals surface area contributed by atoms with E-state index in [0.717, 1.165) is 11.8 Å². The van der Waals surface area contributed by atoms with Gasteiger partial charge < -0.3 is 25.0 Å². The number of hydrogen-bond acceptors (Lipinski definition) is 7. The van der Waals surface area contributed by atoms with Crippen molar-refractivity contribution in [3.8, 4) is 5.75 Å². The number of benzene rings is 1. The molecule has 1 aromatic heterocycles. The maximum absolute atomic E-state index is 12.0. The van der Waals surface area contributed by atoms with Crippen LogP contribution in [0.15, 0.2) is 34.9 Å². The number of nitrogens with zero attached hydrogens (tertiary/aromatic N) is 1. The van der Waals surface area contributed by atoms with Crippen molar-refractivity contribution in [1.82, 2.24) is 10.5 Å². The summed E-state index contributed by atoms with van der Waals surface area (Å²) in [5, 5.41) is 18.0. The number of nitrogens with one attached hydrogen (secondary N) is 2. The number of rotatable bonds is 9. The smallest absolute Gasteiger partial charge is 0.330 e. The number of carboxylic acids is 1. The van der Waals surface area contributed by atoms with E-state index >= 15 is 0 Å². The van der Waals surface area contributed by atoms with Crippen LogP contribution in [0.25, 0.3) is 0 Å². The molecule has 1 atom stereocenters. The van der Waals surface area contributed by atoms with Gasteiger partial charge in [0.2, 0.25) is 11.8 Å². The molecule has 1 heterocycles. The normalized spacial score (nSPS) is 11.5. The Morgan fingerprint density at radius 1 is 1.22 bits per heavy atom. The molecule has 9 nitrogen and oxygen atoms in total. The molecule has 2 aromatic rings. The first-order valence-electron chi connectivity index (χ1n) is 7.86. The van der Waals surface area contributed by atoms with Gasteiger partial charge in [-0.2, -0.15) is 0 Å². The van der Waals surface area contributed by atoms with E-state index in [4.69, 9.17) is 9.26 Å². The quantitative estimate of drug-likeness (QED) is 0.586. The summed E-state index contributed by atoms with van der Waals surface area (Å²) in [7, 11) is 1.50. The van der Waals surface area contributed by atoms with E-state index < -0.39 is 17.9 Å². The molecule has 0 saturated carbocycles. The zero-order valence-electron chi connectivity index (χ0n) is 14.7. The molecule has 0 aliphatic heterocycles. The van der Waals surface area contributed by atoms with Crippen LogP contribution in [0.4, 0.5) is 5.82 Å². The van der Waals surface area contributed by atoms with Crippen molar-refractivity contribution in [2.45, 2.75) is 13.0 Å². The van der Waals surface area contributed by atoms with Crippen LogP contribution in [0.5, 0.6) is 5.75 Å². The second-order valence-electron chi connectivity index (χ2n) is 5.48. The van der Waals surface area contributed by atoms with Gasteiger partial charge in [0.05, 0.1) is 18.6 Å². The molecule has 1 unspecified atom stereocenters. The number of hydrogen-bond donors (Lipinski definition) is 3. The average molecular weight is 393 g/mol. The minimum Gasteiger partial charge on any atom is -0.497 e. The number of carboxylic acid groups (broad SMARTS) is 1. The van der Waals surface area contributed by atoms with E-state index in [9.17, 15) is 19.5 Å². The van der Waals surface area contributed by atoms with Gasteiger partial charge in [-0.05, 0) is 24.6 Å². The highest BCUT2D eigenvalue weighted by atomic mass is 32.2. The third kappa shape index (κ3) is 6.33. The molecule has 2 rings (SSSR count). The fourth-order valence-corrected chi connectivity index (χ4v) is 2.76. The lowest BCUT2D eigenvalue weighted by atomic mass is 10.1. The largest absolute Gasteiger partial charge is 0.497 e. The van der Waals surface area contributed by atoms with Crippen molar-refractivity contribution in [1.29, 1.82) is 0 Å². The second-order valence-corrected chi connectivity index (χ2v) is 6.46. The predicted octanol–water partition coefficient (Wildman–Crippen LogP) is 1.61. The van der Waals surface area contributed by atoms with Gasteiger partial charge in [0.25, 0.3) is 0 Å². The van der Waals surface area contributed by atoms with Crippen molar-refractivity contribution < 1.29 is 28.8 Å². The summed E-state index contributed by atoms with van der Waals surface area (Å²) in [5.41, 5.74) is 0.417. The summed E-state index contributed by atoms with van der Waals surface area (Å²) in [6, 6.07) is 6.75. The molecule has 0 spiro atoms. The first-order chi connectivity index (χ1) is 12.9. The Kier molecular flexibility index (Phi) is 7.24. The Hall–Kier alpha value is -3.01. The molecule has 0 radical (unpaired) electrons. The Labute approximate surface area is 159 Å². The van der Waals surface area contributed by atoms with Gasteiger partial charge in [-0.3, -0.25) is 9.59 Å². The summed E-state index contributed by atoms with van der Waals surface area (Å²) < 4.78 is 9.86. The van der Waals surface area contributed by atoms with Crippen LogP contribution in [-0.4, -0.2) is 46.7 Å². The van der Waals surface area contributed by atoms with Crippen LogP contribution < -0.4 is 15.4 Å². The number of amides is 2. The highest BCUT2D eigenvalue weighted by Crippen LogP contribution is 2.18.